The molecule has 1 spiro atoms. The Hall–Kier alpha value is -5.53. The monoisotopic (exact) mass is 728 g/mol. The summed E-state index contributed by atoms with van der Waals surface area (Å²) in [6, 6.07) is 11.7. The zero-order valence-corrected chi connectivity index (χ0v) is 30.6. The van der Waals surface area contributed by atoms with Gasteiger partial charge in [0.05, 0.1) is 23.0 Å². The largest absolute Gasteiger partial charge is 0.371 e. The van der Waals surface area contributed by atoms with Gasteiger partial charge in [-0.3, -0.25) is 29.4 Å². The van der Waals surface area contributed by atoms with Crippen LogP contribution in [0.4, 0.5) is 28.8 Å². The van der Waals surface area contributed by atoms with Crippen LogP contribution in [-0.4, -0.2) is 94.4 Å². The summed E-state index contributed by atoms with van der Waals surface area (Å²) in [6.07, 6.45) is 10.3. The van der Waals surface area contributed by atoms with E-state index in [9.17, 15) is 19.2 Å². The Kier molecular flexibility index (Phi) is 7.50. The van der Waals surface area contributed by atoms with E-state index in [-0.39, 0.29) is 36.1 Å². The van der Waals surface area contributed by atoms with Crippen LogP contribution in [0, 0.1) is 11.8 Å². The van der Waals surface area contributed by atoms with E-state index >= 15 is 0 Å². The maximum absolute atomic E-state index is 13.8. The van der Waals surface area contributed by atoms with Crippen LogP contribution < -0.4 is 25.3 Å². The van der Waals surface area contributed by atoms with Gasteiger partial charge >= 0.3 is 0 Å². The quantitative estimate of drug-likeness (QED) is 0.254. The summed E-state index contributed by atoms with van der Waals surface area (Å²) in [4.78, 5) is 73.7. The molecule has 1 atom stereocenters. The molecule has 54 heavy (non-hydrogen) atoms. The topological polar surface area (TPSA) is 149 Å². The number of nitrogens with one attached hydrogen (secondary N) is 2. The van der Waals surface area contributed by atoms with Gasteiger partial charge in [0, 0.05) is 87.4 Å². The molecule has 14 nitrogen and oxygen atoms in total. The second-order valence-electron chi connectivity index (χ2n) is 16.3. The summed E-state index contributed by atoms with van der Waals surface area (Å²) in [7, 11) is 3.56. The summed E-state index contributed by atoms with van der Waals surface area (Å²) < 4.78 is 2.12. The van der Waals surface area contributed by atoms with Crippen LogP contribution in [0.3, 0.4) is 0 Å². The number of carbonyl (C=O) groups is 4. The molecule has 1 aromatic carbocycles. The summed E-state index contributed by atoms with van der Waals surface area (Å²) in [6.45, 7) is 3.82. The lowest BCUT2D eigenvalue weighted by Gasteiger charge is -2.52. The molecule has 5 fully saturated rings. The number of benzene rings is 1. The first-order valence-electron chi connectivity index (χ1n) is 19.3. The smallest absolute Gasteiger partial charge is 0.270 e. The third kappa shape index (κ3) is 5.16. The summed E-state index contributed by atoms with van der Waals surface area (Å²) >= 11 is 0. The van der Waals surface area contributed by atoms with Gasteiger partial charge in [-0.1, -0.05) is 18.9 Å². The standard InChI is InChI=1S/C40H44N10O4/c1-46(2)37(53)31-16-23-17-42-39(45-35(23)49(31)26-6-3-4-7-26)43-32-12-10-27(18-41-32)47-19-24(20-47)25-21-48(22-25)28-8-5-9-29-34(28)40(14-15-40)38(54)50(29)30-11-13-33(51)44-36(30)52/h5,8-10,12,16-18,24-26,30H,3-4,6-7,11,13-15,19-22H2,1-2H3,(H,44,51,52)(H,41,42,43,45)/t30-/m0/s1. The number of pyridine rings is 1. The number of imide groups is 1. The van der Waals surface area contributed by atoms with Gasteiger partial charge in [0.25, 0.3) is 5.91 Å². The van der Waals surface area contributed by atoms with E-state index in [4.69, 9.17) is 9.97 Å². The molecule has 0 radical (unpaired) electrons. The first-order chi connectivity index (χ1) is 26.2. The molecule has 3 saturated heterocycles. The molecule has 6 aliphatic rings. The highest BCUT2D eigenvalue weighted by Crippen LogP contribution is 2.61. The number of amides is 4. The predicted octanol–water partition coefficient (Wildman–Crippen LogP) is 4.14. The van der Waals surface area contributed by atoms with Crippen LogP contribution in [0.15, 0.2) is 48.8 Å². The van der Waals surface area contributed by atoms with Crippen LogP contribution in [0.2, 0.25) is 0 Å². The fraction of sp³-hybridized carbons (Fsp3) is 0.475. The van der Waals surface area contributed by atoms with Crippen molar-refractivity contribution in [3.63, 3.8) is 0 Å². The zero-order chi connectivity index (χ0) is 36.9. The lowest BCUT2D eigenvalue weighted by atomic mass is 9.79. The van der Waals surface area contributed by atoms with E-state index in [1.165, 1.54) is 0 Å². The molecule has 0 unspecified atom stereocenters. The summed E-state index contributed by atoms with van der Waals surface area (Å²) in [5, 5.41) is 6.57. The number of hydrogen-bond donors (Lipinski definition) is 2. The minimum Gasteiger partial charge on any atom is -0.371 e. The Bertz CT molecular complexity index is 2210. The van der Waals surface area contributed by atoms with E-state index in [1.807, 2.05) is 30.5 Å². The number of hydrogen-bond acceptors (Lipinski definition) is 10. The van der Waals surface area contributed by atoms with Crippen molar-refractivity contribution < 1.29 is 19.2 Å². The predicted molar refractivity (Wildman–Crippen MR) is 203 cm³/mol. The lowest BCUT2D eigenvalue weighted by molar-refractivity contribution is -0.135. The van der Waals surface area contributed by atoms with Crippen molar-refractivity contribution in [2.45, 2.75) is 68.9 Å². The SMILES string of the molecule is CN(C)C(=O)c1cc2cnc(Nc3ccc(N4CC(C5CN(c6cccc7c6C6(CC6)C(=O)N7[C@H]6CCC(=O)NC6=O)C5)C4)cn3)nc2n1C1CCCC1. The molecule has 14 heteroatoms. The van der Waals surface area contributed by atoms with Crippen molar-refractivity contribution in [3.8, 4) is 0 Å². The van der Waals surface area contributed by atoms with Crippen LogP contribution in [0.1, 0.15) is 73.5 Å². The molecule has 7 heterocycles. The lowest BCUT2D eigenvalue weighted by Crippen LogP contribution is -2.60. The van der Waals surface area contributed by atoms with E-state index in [2.05, 4.69) is 42.1 Å². The van der Waals surface area contributed by atoms with Gasteiger partial charge < -0.3 is 24.6 Å². The fourth-order valence-electron chi connectivity index (χ4n) is 9.54. The number of rotatable bonds is 8. The van der Waals surface area contributed by atoms with Crippen molar-refractivity contribution in [3.05, 3.63) is 60.0 Å². The van der Waals surface area contributed by atoms with E-state index in [1.54, 1.807) is 30.1 Å². The maximum Gasteiger partial charge on any atom is 0.270 e. The number of carbonyl (C=O) groups excluding carboxylic acids is 4. The van der Waals surface area contributed by atoms with Crippen molar-refractivity contribution in [2.75, 3.05) is 60.3 Å². The zero-order valence-electron chi connectivity index (χ0n) is 30.6. The van der Waals surface area contributed by atoms with Crippen LogP contribution >= 0.6 is 0 Å². The molecule has 2 aliphatic carbocycles. The van der Waals surface area contributed by atoms with Gasteiger partial charge in [0.1, 0.15) is 23.2 Å². The van der Waals surface area contributed by atoms with Crippen LogP contribution in [-0.2, 0) is 19.8 Å². The second-order valence-corrected chi connectivity index (χ2v) is 16.3. The van der Waals surface area contributed by atoms with Crippen molar-refractivity contribution in [1.29, 1.82) is 0 Å². The number of aromatic nitrogens is 4. The Morgan fingerprint density at radius 3 is 2.33 bits per heavy atom. The van der Waals surface area contributed by atoms with Gasteiger partial charge in [0.15, 0.2) is 0 Å². The number of nitrogens with zero attached hydrogens (tertiary/aromatic N) is 8. The van der Waals surface area contributed by atoms with E-state index < -0.39 is 11.5 Å². The number of anilines is 5. The second kappa shape index (κ2) is 12.3. The summed E-state index contributed by atoms with van der Waals surface area (Å²) in [5.41, 5.74) is 5.00. The highest BCUT2D eigenvalue weighted by molar-refractivity contribution is 6.16. The molecular weight excluding hydrogens is 685 g/mol. The Labute approximate surface area is 312 Å². The first-order valence-corrected chi connectivity index (χ1v) is 19.3. The van der Waals surface area contributed by atoms with Crippen molar-refractivity contribution in [1.82, 2.24) is 29.7 Å². The minimum atomic E-state index is -0.639. The number of fused-ring (bicyclic) bond motifs is 3. The van der Waals surface area contributed by atoms with Gasteiger partial charge in [-0.05, 0) is 62.4 Å². The molecule has 4 aliphatic heterocycles. The third-order valence-corrected chi connectivity index (χ3v) is 12.7. The van der Waals surface area contributed by atoms with Gasteiger partial charge in [-0.25, -0.2) is 9.97 Å². The molecule has 2 saturated carbocycles. The normalized spacial score (nSPS) is 22.4. The average Bonchev–Trinajstić information content (AvgIpc) is 3.45. The van der Waals surface area contributed by atoms with Gasteiger partial charge in [-0.15, -0.1) is 0 Å². The van der Waals surface area contributed by atoms with Crippen LogP contribution in [0.5, 0.6) is 0 Å². The van der Waals surface area contributed by atoms with Gasteiger partial charge in [0.2, 0.25) is 23.7 Å². The Morgan fingerprint density at radius 1 is 0.907 bits per heavy atom. The van der Waals surface area contributed by atoms with E-state index in [0.29, 0.717) is 35.7 Å². The summed E-state index contributed by atoms with van der Waals surface area (Å²) in [5.74, 6) is 1.58. The average molecular weight is 729 g/mol. The Morgan fingerprint density at radius 2 is 1.65 bits per heavy atom. The fourth-order valence-corrected chi connectivity index (χ4v) is 9.54. The van der Waals surface area contributed by atoms with Crippen molar-refractivity contribution in [2.24, 2.45) is 11.8 Å². The molecule has 10 rings (SSSR count). The molecule has 0 bridgehead atoms. The molecule has 4 amide bonds. The molecule has 278 valence electrons. The molecular formula is C40H44N10O4. The van der Waals surface area contributed by atoms with Gasteiger partial charge in [-0.2, -0.15) is 4.98 Å². The highest BCUT2D eigenvalue weighted by Gasteiger charge is 2.62. The van der Waals surface area contributed by atoms with Crippen LogP contribution in [0.25, 0.3) is 11.0 Å². The third-order valence-electron chi connectivity index (χ3n) is 12.7. The number of piperidine rings is 1. The minimum absolute atomic E-state index is 0.0101. The van der Waals surface area contributed by atoms with Crippen molar-refractivity contribution >= 4 is 63.5 Å². The molecule has 2 N–H and O–H groups in total. The molecule has 3 aromatic heterocycles. The first kappa shape index (κ1) is 33.1. The highest BCUT2D eigenvalue weighted by atomic mass is 16.2. The Balaban J connectivity index is 0.782. The maximum atomic E-state index is 13.8. The van der Waals surface area contributed by atoms with E-state index in [0.717, 1.165) is 98.4 Å². The molecule has 4 aromatic rings.